The Morgan fingerprint density at radius 3 is 2.71 bits per heavy atom. The molecule has 1 aliphatic heterocycles. The van der Waals surface area contributed by atoms with E-state index < -0.39 is 0 Å². The highest BCUT2D eigenvalue weighted by Gasteiger charge is 2.43. The second-order valence-electron chi connectivity index (χ2n) is 6.90. The Balaban J connectivity index is 1.80. The van der Waals surface area contributed by atoms with Gasteiger partial charge in [0, 0.05) is 37.4 Å². The summed E-state index contributed by atoms with van der Waals surface area (Å²) in [7, 11) is 0. The van der Waals surface area contributed by atoms with Crippen LogP contribution in [-0.4, -0.2) is 34.6 Å². The van der Waals surface area contributed by atoms with E-state index in [1.54, 1.807) is 0 Å². The van der Waals surface area contributed by atoms with Gasteiger partial charge in [0.25, 0.3) is 0 Å². The number of aryl methyl sites for hydroxylation is 1. The molecule has 3 nitrogen and oxygen atoms in total. The van der Waals surface area contributed by atoms with Gasteiger partial charge in [-0.15, -0.1) is 0 Å². The summed E-state index contributed by atoms with van der Waals surface area (Å²) in [6, 6.07) is 4.92. The Labute approximate surface area is 129 Å². The molecule has 0 bridgehead atoms. The standard InChI is InChI=1S/C18H29N3/c1-4-18(5-2)13-20-17(15-8-9-15)12-21(18)11-16-14(3)7-6-10-19-16/h6-7,10,15,17,20H,4-5,8-9,11-13H2,1-3H3. The van der Waals surface area contributed by atoms with E-state index >= 15 is 0 Å². The zero-order valence-corrected chi connectivity index (χ0v) is 13.7. The lowest BCUT2D eigenvalue weighted by Crippen LogP contribution is -2.64. The summed E-state index contributed by atoms with van der Waals surface area (Å²) in [6.45, 7) is 10.2. The summed E-state index contributed by atoms with van der Waals surface area (Å²) in [4.78, 5) is 7.35. The molecule has 0 spiro atoms. The summed E-state index contributed by atoms with van der Waals surface area (Å²) in [5, 5.41) is 3.84. The molecule has 0 amide bonds. The zero-order chi connectivity index (χ0) is 14.9. The first-order valence-corrected chi connectivity index (χ1v) is 8.57. The van der Waals surface area contributed by atoms with Crippen LogP contribution in [0.15, 0.2) is 18.3 Å². The first kappa shape index (κ1) is 15.0. The van der Waals surface area contributed by atoms with Gasteiger partial charge in [-0.1, -0.05) is 19.9 Å². The van der Waals surface area contributed by atoms with Gasteiger partial charge >= 0.3 is 0 Å². The topological polar surface area (TPSA) is 28.2 Å². The molecule has 1 saturated carbocycles. The van der Waals surface area contributed by atoms with Gasteiger partial charge in [0.15, 0.2) is 0 Å². The second-order valence-corrected chi connectivity index (χ2v) is 6.90. The van der Waals surface area contributed by atoms with E-state index in [1.807, 2.05) is 12.3 Å². The quantitative estimate of drug-likeness (QED) is 0.902. The van der Waals surface area contributed by atoms with E-state index in [-0.39, 0.29) is 0 Å². The summed E-state index contributed by atoms with van der Waals surface area (Å²) in [5.74, 6) is 0.920. The average molecular weight is 287 g/mol. The van der Waals surface area contributed by atoms with Crippen LogP contribution in [-0.2, 0) is 6.54 Å². The molecule has 3 rings (SSSR count). The Kier molecular flexibility index (Phi) is 4.32. The van der Waals surface area contributed by atoms with Crippen molar-refractivity contribution >= 4 is 0 Å². The lowest BCUT2D eigenvalue weighted by molar-refractivity contribution is 0.0191. The molecular formula is C18H29N3. The van der Waals surface area contributed by atoms with E-state index in [9.17, 15) is 0 Å². The minimum atomic E-state index is 0.301. The van der Waals surface area contributed by atoms with Crippen LogP contribution < -0.4 is 5.32 Å². The molecule has 1 atom stereocenters. The van der Waals surface area contributed by atoms with Crippen molar-refractivity contribution in [2.24, 2.45) is 5.92 Å². The number of pyridine rings is 1. The molecule has 1 aromatic heterocycles. The number of hydrogen-bond donors (Lipinski definition) is 1. The Morgan fingerprint density at radius 1 is 1.33 bits per heavy atom. The zero-order valence-electron chi connectivity index (χ0n) is 13.7. The van der Waals surface area contributed by atoms with Gasteiger partial charge in [0.2, 0.25) is 0 Å². The number of nitrogens with zero attached hydrogens (tertiary/aromatic N) is 2. The Bertz CT molecular complexity index is 477. The molecule has 116 valence electrons. The first-order chi connectivity index (χ1) is 10.2. The fourth-order valence-corrected chi connectivity index (χ4v) is 3.79. The van der Waals surface area contributed by atoms with Crippen molar-refractivity contribution in [1.29, 1.82) is 0 Å². The van der Waals surface area contributed by atoms with Crippen molar-refractivity contribution in [2.75, 3.05) is 13.1 Å². The largest absolute Gasteiger partial charge is 0.311 e. The molecule has 2 aliphatic rings. The van der Waals surface area contributed by atoms with Gasteiger partial charge in [-0.2, -0.15) is 0 Å². The van der Waals surface area contributed by atoms with Gasteiger partial charge in [0.1, 0.15) is 0 Å². The van der Waals surface area contributed by atoms with Crippen LogP contribution in [0.1, 0.15) is 50.8 Å². The smallest absolute Gasteiger partial charge is 0.0573 e. The highest BCUT2D eigenvalue weighted by Crippen LogP contribution is 2.37. The van der Waals surface area contributed by atoms with Crippen LogP contribution in [0.3, 0.4) is 0 Å². The summed E-state index contributed by atoms with van der Waals surface area (Å²) in [5.41, 5.74) is 2.87. The molecule has 0 radical (unpaired) electrons. The molecule has 2 fully saturated rings. The van der Waals surface area contributed by atoms with Crippen molar-refractivity contribution in [3.05, 3.63) is 29.6 Å². The summed E-state index contributed by atoms with van der Waals surface area (Å²) < 4.78 is 0. The highest BCUT2D eigenvalue weighted by molar-refractivity contribution is 5.18. The highest BCUT2D eigenvalue weighted by atomic mass is 15.3. The molecular weight excluding hydrogens is 258 g/mol. The van der Waals surface area contributed by atoms with E-state index in [2.05, 4.69) is 42.0 Å². The van der Waals surface area contributed by atoms with Gasteiger partial charge in [-0.05, 0) is 50.2 Å². The number of nitrogens with one attached hydrogen (secondary N) is 1. The van der Waals surface area contributed by atoms with Gasteiger partial charge in [-0.3, -0.25) is 9.88 Å². The van der Waals surface area contributed by atoms with Crippen LogP contribution in [0.4, 0.5) is 0 Å². The maximum atomic E-state index is 4.63. The fourth-order valence-electron chi connectivity index (χ4n) is 3.79. The van der Waals surface area contributed by atoms with Crippen LogP contribution >= 0.6 is 0 Å². The van der Waals surface area contributed by atoms with E-state index in [0.29, 0.717) is 11.6 Å². The molecule has 1 unspecified atom stereocenters. The van der Waals surface area contributed by atoms with Crippen LogP contribution in [0, 0.1) is 12.8 Å². The maximum Gasteiger partial charge on any atom is 0.0573 e. The lowest BCUT2D eigenvalue weighted by atomic mass is 9.86. The first-order valence-electron chi connectivity index (χ1n) is 8.57. The predicted molar refractivity (Wildman–Crippen MR) is 87.2 cm³/mol. The minimum absolute atomic E-state index is 0.301. The normalized spacial score (nSPS) is 26.0. The molecule has 3 heteroatoms. The third kappa shape index (κ3) is 3.00. The molecule has 1 N–H and O–H groups in total. The monoisotopic (exact) mass is 287 g/mol. The van der Waals surface area contributed by atoms with Gasteiger partial charge < -0.3 is 5.32 Å². The van der Waals surface area contributed by atoms with Crippen molar-refractivity contribution < 1.29 is 0 Å². The Hall–Kier alpha value is -0.930. The van der Waals surface area contributed by atoms with Crippen LogP contribution in [0.25, 0.3) is 0 Å². The van der Waals surface area contributed by atoms with Gasteiger partial charge in [0.05, 0.1) is 5.69 Å². The van der Waals surface area contributed by atoms with Crippen molar-refractivity contribution in [1.82, 2.24) is 15.2 Å². The Morgan fingerprint density at radius 2 is 2.10 bits per heavy atom. The molecule has 21 heavy (non-hydrogen) atoms. The maximum absolute atomic E-state index is 4.63. The minimum Gasteiger partial charge on any atom is -0.311 e. The third-order valence-electron chi connectivity index (χ3n) is 5.75. The fraction of sp³-hybridized carbons (Fsp3) is 0.722. The third-order valence-corrected chi connectivity index (χ3v) is 5.75. The molecule has 1 aliphatic carbocycles. The molecule has 0 aromatic carbocycles. The second kappa shape index (κ2) is 6.05. The summed E-state index contributed by atoms with van der Waals surface area (Å²) >= 11 is 0. The SMILES string of the molecule is CCC1(CC)CNC(C2CC2)CN1Cc1ncccc1C. The number of rotatable bonds is 5. The van der Waals surface area contributed by atoms with Crippen molar-refractivity contribution in [3.63, 3.8) is 0 Å². The van der Waals surface area contributed by atoms with Crippen molar-refractivity contribution in [3.8, 4) is 0 Å². The summed E-state index contributed by atoms with van der Waals surface area (Å²) in [6.07, 6.45) is 7.18. The van der Waals surface area contributed by atoms with E-state index in [1.165, 1.54) is 43.5 Å². The number of hydrogen-bond acceptors (Lipinski definition) is 3. The van der Waals surface area contributed by atoms with Crippen LogP contribution in [0.5, 0.6) is 0 Å². The molecule has 1 aromatic rings. The van der Waals surface area contributed by atoms with Gasteiger partial charge in [-0.25, -0.2) is 0 Å². The molecule has 1 saturated heterocycles. The molecule has 2 heterocycles. The average Bonchev–Trinajstić information content (AvgIpc) is 3.34. The predicted octanol–water partition coefficient (Wildman–Crippen LogP) is 3.13. The van der Waals surface area contributed by atoms with E-state index in [0.717, 1.165) is 19.0 Å². The van der Waals surface area contributed by atoms with Crippen molar-refractivity contribution in [2.45, 2.75) is 64.6 Å². The lowest BCUT2D eigenvalue weighted by Gasteiger charge is -2.50. The number of aromatic nitrogens is 1. The number of piperazine rings is 1. The van der Waals surface area contributed by atoms with Crippen LogP contribution in [0.2, 0.25) is 0 Å². The van der Waals surface area contributed by atoms with E-state index in [4.69, 9.17) is 0 Å².